The maximum absolute atomic E-state index is 13.5. The number of methoxy groups -OCH3 is 2. The fraction of sp³-hybridized carbons (Fsp3) is 0.333. The summed E-state index contributed by atoms with van der Waals surface area (Å²) in [6.45, 7) is 3.54. The smallest absolute Gasteiger partial charge is 0.252 e. The van der Waals surface area contributed by atoms with Crippen molar-refractivity contribution in [2.24, 2.45) is 5.92 Å². The predicted octanol–water partition coefficient (Wildman–Crippen LogP) is 3.40. The highest BCUT2D eigenvalue weighted by Gasteiger charge is 2.28. The van der Waals surface area contributed by atoms with E-state index in [0.717, 1.165) is 12.1 Å². The van der Waals surface area contributed by atoms with E-state index in [1.54, 1.807) is 19.9 Å². The minimum Gasteiger partial charge on any atom is -0.497 e. The molecule has 0 fully saturated rings. The molecule has 0 spiro atoms. The van der Waals surface area contributed by atoms with Gasteiger partial charge in [0.2, 0.25) is 5.91 Å². The standard InChI is InChI=1S/C21H24F2N2O4/c1-12(2)19(21(27)25(3)14-6-7-17(22)18(23)10-14)24-20(26)13-8-15(28-4)11-16(9-13)29-5/h6-12,19H,1-5H3,(H,24,26). The van der Waals surface area contributed by atoms with E-state index in [2.05, 4.69) is 5.32 Å². The number of halogens is 2. The fourth-order valence-electron chi connectivity index (χ4n) is 2.71. The maximum atomic E-state index is 13.5. The molecule has 8 heteroatoms. The van der Waals surface area contributed by atoms with Gasteiger partial charge in [0.1, 0.15) is 17.5 Å². The molecule has 2 rings (SSSR count). The van der Waals surface area contributed by atoms with Crippen LogP contribution in [0.25, 0.3) is 0 Å². The molecule has 6 nitrogen and oxygen atoms in total. The van der Waals surface area contributed by atoms with E-state index >= 15 is 0 Å². The quantitative estimate of drug-likeness (QED) is 0.765. The largest absolute Gasteiger partial charge is 0.497 e. The molecule has 29 heavy (non-hydrogen) atoms. The summed E-state index contributed by atoms with van der Waals surface area (Å²) >= 11 is 0. The number of rotatable bonds is 7. The maximum Gasteiger partial charge on any atom is 0.252 e. The van der Waals surface area contributed by atoms with E-state index in [1.165, 1.54) is 44.4 Å². The molecule has 0 saturated carbocycles. The molecule has 0 bridgehead atoms. The first-order valence-corrected chi connectivity index (χ1v) is 8.94. The molecule has 0 saturated heterocycles. The van der Waals surface area contributed by atoms with Crippen LogP contribution in [-0.4, -0.2) is 39.1 Å². The number of nitrogens with zero attached hydrogens (tertiary/aromatic N) is 1. The van der Waals surface area contributed by atoms with Gasteiger partial charge in [-0.05, 0) is 30.2 Å². The molecule has 0 aromatic heterocycles. The summed E-state index contributed by atoms with van der Waals surface area (Å²) in [5.74, 6) is -2.42. The van der Waals surface area contributed by atoms with Crippen LogP contribution in [0.5, 0.6) is 11.5 Å². The summed E-state index contributed by atoms with van der Waals surface area (Å²) in [4.78, 5) is 26.9. The monoisotopic (exact) mass is 406 g/mol. The van der Waals surface area contributed by atoms with Crippen molar-refractivity contribution in [1.82, 2.24) is 5.32 Å². The number of anilines is 1. The van der Waals surface area contributed by atoms with E-state index in [9.17, 15) is 18.4 Å². The van der Waals surface area contributed by atoms with Crippen molar-refractivity contribution in [3.8, 4) is 11.5 Å². The van der Waals surface area contributed by atoms with Gasteiger partial charge in [-0.2, -0.15) is 0 Å². The summed E-state index contributed by atoms with van der Waals surface area (Å²) < 4.78 is 37.0. The second-order valence-corrected chi connectivity index (χ2v) is 6.79. The number of likely N-dealkylation sites (N-methyl/N-ethyl adjacent to an activating group) is 1. The highest BCUT2D eigenvalue weighted by atomic mass is 19.2. The molecule has 0 radical (unpaired) electrons. The van der Waals surface area contributed by atoms with E-state index in [-0.39, 0.29) is 17.2 Å². The van der Waals surface area contributed by atoms with Gasteiger partial charge in [-0.1, -0.05) is 13.8 Å². The van der Waals surface area contributed by atoms with Gasteiger partial charge in [0.05, 0.1) is 14.2 Å². The van der Waals surface area contributed by atoms with Gasteiger partial charge >= 0.3 is 0 Å². The molecule has 2 amide bonds. The molecule has 156 valence electrons. The molecule has 1 N–H and O–H groups in total. The number of amides is 2. The topological polar surface area (TPSA) is 67.9 Å². The van der Waals surface area contributed by atoms with Gasteiger partial charge in [-0.25, -0.2) is 8.78 Å². The van der Waals surface area contributed by atoms with Crippen LogP contribution in [0.15, 0.2) is 36.4 Å². The lowest BCUT2D eigenvalue weighted by molar-refractivity contribution is -0.121. The van der Waals surface area contributed by atoms with Crippen molar-refractivity contribution in [3.05, 3.63) is 53.6 Å². The Morgan fingerprint density at radius 3 is 2.03 bits per heavy atom. The normalized spacial score (nSPS) is 11.7. The Hall–Kier alpha value is -3.16. The minimum absolute atomic E-state index is 0.178. The Bertz CT molecular complexity index is 880. The predicted molar refractivity (Wildman–Crippen MR) is 105 cm³/mol. The van der Waals surface area contributed by atoms with Gasteiger partial charge < -0.3 is 19.7 Å². The summed E-state index contributed by atoms with van der Waals surface area (Å²) in [7, 11) is 4.37. The van der Waals surface area contributed by atoms with Crippen LogP contribution in [0, 0.1) is 17.6 Å². The van der Waals surface area contributed by atoms with Crippen LogP contribution < -0.4 is 19.7 Å². The Labute approximate surface area is 168 Å². The molecular formula is C21H24F2N2O4. The number of carbonyl (C=O) groups excluding carboxylic acids is 2. The molecule has 0 aliphatic carbocycles. The van der Waals surface area contributed by atoms with Gasteiger partial charge in [0, 0.05) is 30.4 Å². The molecule has 1 unspecified atom stereocenters. The van der Waals surface area contributed by atoms with E-state index in [1.807, 2.05) is 0 Å². The van der Waals surface area contributed by atoms with Crippen molar-refractivity contribution < 1.29 is 27.8 Å². The average Bonchev–Trinajstić information content (AvgIpc) is 2.71. The lowest BCUT2D eigenvalue weighted by Gasteiger charge is -2.27. The van der Waals surface area contributed by atoms with Crippen molar-refractivity contribution in [2.75, 3.05) is 26.2 Å². The third kappa shape index (κ3) is 5.22. The molecule has 1 atom stereocenters. The van der Waals surface area contributed by atoms with Crippen LogP contribution in [0.4, 0.5) is 14.5 Å². The first-order valence-electron chi connectivity index (χ1n) is 8.94. The van der Waals surface area contributed by atoms with Crippen LogP contribution >= 0.6 is 0 Å². The van der Waals surface area contributed by atoms with E-state index < -0.39 is 29.5 Å². The van der Waals surface area contributed by atoms with Crippen LogP contribution in [0.2, 0.25) is 0 Å². The average molecular weight is 406 g/mol. The number of benzene rings is 2. The molecule has 2 aromatic carbocycles. The second kappa shape index (κ2) is 9.36. The van der Waals surface area contributed by atoms with Crippen molar-refractivity contribution >= 4 is 17.5 Å². The zero-order valence-corrected chi connectivity index (χ0v) is 17.0. The van der Waals surface area contributed by atoms with Gasteiger partial charge in [-0.3, -0.25) is 9.59 Å². The first kappa shape index (κ1) is 22.1. The van der Waals surface area contributed by atoms with Crippen LogP contribution in [0.1, 0.15) is 24.2 Å². The number of nitrogens with one attached hydrogen (secondary N) is 1. The van der Waals surface area contributed by atoms with E-state index in [0.29, 0.717) is 11.5 Å². The van der Waals surface area contributed by atoms with Crippen LogP contribution in [0.3, 0.4) is 0 Å². The highest BCUT2D eigenvalue weighted by molar-refractivity contribution is 6.02. The van der Waals surface area contributed by atoms with Gasteiger partial charge in [0.25, 0.3) is 5.91 Å². The minimum atomic E-state index is -1.06. The zero-order valence-electron chi connectivity index (χ0n) is 17.0. The third-order valence-electron chi connectivity index (χ3n) is 4.45. The van der Waals surface area contributed by atoms with Gasteiger partial charge in [-0.15, -0.1) is 0 Å². The summed E-state index contributed by atoms with van der Waals surface area (Å²) in [5, 5.41) is 2.70. The SMILES string of the molecule is COc1cc(OC)cc(C(=O)NC(C(=O)N(C)c2ccc(F)c(F)c2)C(C)C)c1. The Kier molecular flexibility index (Phi) is 7.14. The molecule has 0 aliphatic rings. The van der Waals surface area contributed by atoms with E-state index in [4.69, 9.17) is 9.47 Å². The third-order valence-corrected chi connectivity index (χ3v) is 4.45. The summed E-state index contributed by atoms with van der Waals surface area (Å²) in [6, 6.07) is 6.95. The lowest BCUT2D eigenvalue weighted by atomic mass is 10.0. The van der Waals surface area contributed by atoms with Crippen molar-refractivity contribution in [2.45, 2.75) is 19.9 Å². The molecule has 0 aliphatic heterocycles. The molecular weight excluding hydrogens is 382 g/mol. The highest BCUT2D eigenvalue weighted by Crippen LogP contribution is 2.23. The van der Waals surface area contributed by atoms with Crippen molar-refractivity contribution in [3.63, 3.8) is 0 Å². The molecule has 2 aromatic rings. The summed E-state index contributed by atoms with van der Waals surface area (Å²) in [6.07, 6.45) is 0. The van der Waals surface area contributed by atoms with Gasteiger partial charge in [0.15, 0.2) is 11.6 Å². The van der Waals surface area contributed by atoms with Crippen molar-refractivity contribution in [1.29, 1.82) is 0 Å². The number of hydrogen-bond donors (Lipinski definition) is 1. The fourth-order valence-corrected chi connectivity index (χ4v) is 2.71. The van der Waals surface area contributed by atoms with Crippen LogP contribution in [-0.2, 0) is 4.79 Å². The summed E-state index contributed by atoms with van der Waals surface area (Å²) in [5.41, 5.74) is 0.437. The number of hydrogen-bond acceptors (Lipinski definition) is 4. The zero-order chi connectivity index (χ0) is 21.7. The molecule has 0 heterocycles. The lowest BCUT2D eigenvalue weighted by Crippen LogP contribution is -2.50. The number of carbonyl (C=O) groups is 2. The first-order chi connectivity index (χ1) is 13.7. The second-order valence-electron chi connectivity index (χ2n) is 6.79. The Morgan fingerprint density at radius 2 is 1.55 bits per heavy atom. The number of ether oxygens (including phenoxy) is 2. The Balaban J connectivity index is 2.26. The Morgan fingerprint density at radius 1 is 0.966 bits per heavy atom.